The lowest BCUT2D eigenvalue weighted by Gasteiger charge is -2.39. The molecule has 0 N–H and O–H groups in total. The number of aryl methyl sites for hydroxylation is 2. The summed E-state index contributed by atoms with van der Waals surface area (Å²) >= 11 is 0. The maximum atomic E-state index is 14.6. The zero-order valence-electron chi connectivity index (χ0n) is 27.7. The van der Waals surface area contributed by atoms with Crippen molar-refractivity contribution in [2.45, 2.75) is 57.9 Å². The molecule has 1 aromatic heterocycles. The van der Waals surface area contributed by atoms with E-state index in [1.807, 2.05) is 0 Å². The average molecular weight is 688 g/mol. The van der Waals surface area contributed by atoms with Gasteiger partial charge in [0.2, 0.25) is 5.91 Å². The van der Waals surface area contributed by atoms with Crippen molar-refractivity contribution in [1.82, 2.24) is 14.4 Å². The van der Waals surface area contributed by atoms with E-state index in [0.29, 0.717) is 40.6 Å². The quantitative estimate of drug-likeness (QED) is 0.139. The molecule has 0 spiro atoms. The van der Waals surface area contributed by atoms with Crippen LogP contribution < -0.4 is 5.43 Å². The molecule has 50 heavy (non-hydrogen) atoms. The predicted octanol–water partition coefficient (Wildman–Crippen LogP) is 8.26. The molecule has 0 atom stereocenters. The Balaban J connectivity index is 1.36. The molecule has 5 nitrogen and oxygen atoms in total. The number of piperidine rings is 1. The Kier molecular flexibility index (Phi) is 10.5. The van der Waals surface area contributed by atoms with Crippen LogP contribution in [0.25, 0.3) is 22.0 Å². The number of para-hydroxylation sites is 1. The number of hydrogen-bond donors (Lipinski definition) is 0. The standard InChI is InChI=1S/C40H38F5N3O2/c1-2-46-21-19-30(20-22-46)48(25-27-15-18-32(28-9-4-3-5-10-28)34(23-27)40(43,44)45)38(50)26-47-31(17-16-29-11-8-13-35(41)39(29)42)24-37(49)33-12-6-7-14-36(33)47/h3-15,18,23-24,30H,2,16-17,19-22,25-26H2,1H3. The molecule has 5 aromatic rings. The molecule has 1 saturated heterocycles. The van der Waals surface area contributed by atoms with E-state index in [2.05, 4.69) is 11.8 Å². The second kappa shape index (κ2) is 15.0. The zero-order valence-corrected chi connectivity index (χ0v) is 27.7. The molecule has 0 saturated carbocycles. The number of carbonyl (C=O) groups excluding carboxylic acids is 1. The Labute approximate surface area is 287 Å². The average Bonchev–Trinajstić information content (AvgIpc) is 3.12. The van der Waals surface area contributed by atoms with Crippen LogP contribution in [0.2, 0.25) is 0 Å². The van der Waals surface area contributed by atoms with Gasteiger partial charge in [-0.2, -0.15) is 13.2 Å². The molecular formula is C40H38F5N3O2. The maximum absolute atomic E-state index is 14.6. The number of alkyl halides is 3. The number of amides is 1. The summed E-state index contributed by atoms with van der Waals surface area (Å²) in [6.45, 7) is 4.19. The van der Waals surface area contributed by atoms with Crippen LogP contribution in [0.5, 0.6) is 0 Å². The number of rotatable bonds is 10. The first-order valence-electron chi connectivity index (χ1n) is 16.8. The molecule has 1 fully saturated rings. The Hall–Kier alpha value is -4.83. The molecule has 0 aliphatic carbocycles. The second-order valence-electron chi connectivity index (χ2n) is 12.7. The highest BCUT2D eigenvalue weighted by Gasteiger charge is 2.35. The molecule has 0 bridgehead atoms. The number of benzene rings is 4. The van der Waals surface area contributed by atoms with Crippen molar-refractivity contribution in [1.29, 1.82) is 0 Å². The highest BCUT2D eigenvalue weighted by molar-refractivity contribution is 5.83. The summed E-state index contributed by atoms with van der Waals surface area (Å²) in [6, 6.07) is 24.7. The first-order chi connectivity index (χ1) is 24.0. The van der Waals surface area contributed by atoms with E-state index >= 15 is 0 Å². The van der Waals surface area contributed by atoms with Crippen LogP contribution in [-0.4, -0.2) is 46.0 Å². The molecule has 10 heteroatoms. The van der Waals surface area contributed by atoms with Crippen LogP contribution >= 0.6 is 0 Å². The van der Waals surface area contributed by atoms with Crippen molar-refractivity contribution in [2.24, 2.45) is 0 Å². The molecule has 0 unspecified atom stereocenters. The maximum Gasteiger partial charge on any atom is 0.417 e. The lowest BCUT2D eigenvalue weighted by Crippen LogP contribution is -2.48. The summed E-state index contributed by atoms with van der Waals surface area (Å²) in [4.78, 5) is 31.6. The van der Waals surface area contributed by atoms with Gasteiger partial charge in [0.25, 0.3) is 0 Å². The second-order valence-corrected chi connectivity index (χ2v) is 12.7. The van der Waals surface area contributed by atoms with Gasteiger partial charge in [0.05, 0.1) is 11.1 Å². The van der Waals surface area contributed by atoms with Crippen molar-refractivity contribution < 1.29 is 26.7 Å². The van der Waals surface area contributed by atoms with Gasteiger partial charge in [-0.05, 0) is 78.7 Å². The van der Waals surface area contributed by atoms with Gasteiger partial charge in [-0.3, -0.25) is 9.59 Å². The van der Waals surface area contributed by atoms with Crippen molar-refractivity contribution >= 4 is 16.8 Å². The first kappa shape index (κ1) is 35.0. The highest BCUT2D eigenvalue weighted by atomic mass is 19.4. The fourth-order valence-electron chi connectivity index (χ4n) is 6.96. The van der Waals surface area contributed by atoms with E-state index in [0.717, 1.165) is 31.8 Å². The van der Waals surface area contributed by atoms with Gasteiger partial charge in [0.15, 0.2) is 17.1 Å². The van der Waals surface area contributed by atoms with Crippen molar-refractivity contribution in [3.8, 4) is 11.1 Å². The van der Waals surface area contributed by atoms with E-state index in [1.54, 1.807) is 70.1 Å². The third-order valence-electron chi connectivity index (χ3n) is 9.67. The van der Waals surface area contributed by atoms with E-state index < -0.39 is 23.4 Å². The summed E-state index contributed by atoms with van der Waals surface area (Å²) in [5, 5.41) is 0.398. The third kappa shape index (κ3) is 7.65. The van der Waals surface area contributed by atoms with Gasteiger partial charge in [0, 0.05) is 42.8 Å². The predicted molar refractivity (Wildman–Crippen MR) is 185 cm³/mol. The highest BCUT2D eigenvalue weighted by Crippen LogP contribution is 2.38. The number of aromatic nitrogens is 1. The van der Waals surface area contributed by atoms with Crippen LogP contribution in [0.1, 0.15) is 42.1 Å². The third-order valence-corrected chi connectivity index (χ3v) is 9.67. The molecule has 1 aliphatic heterocycles. The number of hydrogen-bond acceptors (Lipinski definition) is 3. The van der Waals surface area contributed by atoms with E-state index in [1.165, 1.54) is 24.3 Å². The van der Waals surface area contributed by atoms with Crippen LogP contribution in [0.15, 0.2) is 102 Å². The van der Waals surface area contributed by atoms with E-state index in [9.17, 15) is 31.5 Å². The number of pyridine rings is 1. The molecule has 1 aliphatic rings. The number of likely N-dealkylation sites (tertiary alicyclic amines) is 1. The first-order valence-corrected chi connectivity index (χ1v) is 16.8. The Bertz CT molecular complexity index is 2040. The molecule has 6 rings (SSSR count). The van der Waals surface area contributed by atoms with Gasteiger partial charge in [0.1, 0.15) is 6.54 Å². The lowest BCUT2D eigenvalue weighted by atomic mass is 9.96. The number of fused-ring (bicyclic) bond motifs is 1. The molecule has 1 amide bonds. The van der Waals surface area contributed by atoms with Gasteiger partial charge in [-0.25, -0.2) is 8.78 Å². The molecule has 2 heterocycles. The Morgan fingerprint density at radius 3 is 2.30 bits per heavy atom. The van der Waals surface area contributed by atoms with Gasteiger partial charge in [-0.15, -0.1) is 0 Å². The number of carbonyl (C=O) groups is 1. The van der Waals surface area contributed by atoms with Crippen molar-refractivity contribution in [3.63, 3.8) is 0 Å². The summed E-state index contributed by atoms with van der Waals surface area (Å²) in [7, 11) is 0. The normalized spacial score (nSPS) is 14.3. The SMILES string of the molecule is CCN1CCC(N(Cc2ccc(-c3ccccc3)c(C(F)(F)F)c2)C(=O)Cn2c(CCc3cccc(F)c3F)cc(=O)c3ccccc32)CC1. The summed E-state index contributed by atoms with van der Waals surface area (Å²) in [5.41, 5.74) is 0.959. The number of halogens is 5. The fourth-order valence-corrected chi connectivity index (χ4v) is 6.96. The van der Waals surface area contributed by atoms with Crippen LogP contribution in [-0.2, 0) is 36.9 Å². The molecule has 0 radical (unpaired) electrons. The fraction of sp³-hybridized carbons (Fsp3) is 0.300. The molecule has 4 aromatic carbocycles. The largest absolute Gasteiger partial charge is 0.417 e. The summed E-state index contributed by atoms with van der Waals surface area (Å²) in [5.74, 6) is -2.24. The Morgan fingerprint density at radius 1 is 0.860 bits per heavy atom. The van der Waals surface area contributed by atoms with Crippen LogP contribution in [0, 0.1) is 11.6 Å². The zero-order chi connectivity index (χ0) is 35.4. The van der Waals surface area contributed by atoms with Gasteiger partial charge < -0.3 is 14.4 Å². The number of nitrogens with zero attached hydrogens (tertiary/aromatic N) is 3. The van der Waals surface area contributed by atoms with Crippen LogP contribution in [0.3, 0.4) is 0 Å². The Morgan fingerprint density at radius 2 is 1.58 bits per heavy atom. The van der Waals surface area contributed by atoms with Crippen LogP contribution in [0.4, 0.5) is 22.0 Å². The van der Waals surface area contributed by atoms with Gasteiger partial charge >= 0.3 is 6.18 Å². The summed E-state index contributed by atoms with van der Waals surface area (Å²) in [6.07, 6.45) is -3.07. The minimum Gasteiger partial charge on any atom is -0.335 e. The van der Waals surface area contributed by atoms with Crippen molar-refractivity contribution in [2.75, 3.05) is 19.6 Å². The molecular weight excluding hydrogens is 649 g/mol. The smallest absolute Gasteiger partial charge is 0.335 e. The van der Waals surface area contributed by atoms with E-state index in [-0.39, 0.29) is 54.4 Å². The minimum absolute atomic E-state index is 0.0320. The topological polar surface area (TPSA) is 45.5 Å². The lowest BCUT2D eigenvalue weighted by molar-refractivity contribution is -0.137. The van der Waals surface area contributed by atoms with Crippen molar-refractivity contribution in [3.05, 3.63) is 141 Å². The van der Waals surface area contributed by atoms with Gasteiger partial charge in [-0.1, -0.05) is 73.7 Å². The minimum atomic E-state index is -4.62. The van der Waals surface area contributed by atoms with E-state index in [4.69, 9.17) is 0 Å². The summed E-state index contributed by atoms with van der Waals surface area (Å²) < 4.78 is 73.6. The molecule has 260 valence electrons. The monoisotopic (exact) mass is 687 g/mol.